The minimum absolute atomic E-state index is 0.0401. The highest BCUT2D eigenvalue weighted by Crippen LogP contribution is 2.13. The number of benzene rings is 1. The molecule has 0 heterocycles. The van der Waals surface area contributed by atoms with Gasteiger partial charge in [0.05, 0.1) is 17.3 Å². The predicted molar refractivity (Wildman–Crippen MR) is 70.9 cm³/mol. The largest absolute Gasteiger partial charge is 0.389 e. The minimum Gasteiger partial charge on any atom is -0.389 e. The Balaban J connectivity index is 2.91. The van der Waals surface area contributed by atoms with E-state index in [0.717, 1.165) is 0 Å². The van der Waals surface area contributed by atoms with Gasteiger partial charge in [0.15, 0.2) is 9.84 Å². The fourth-order valence-electron chi connectivity index (χ4n) is 1.27. The third-order valence-corrected chi connectivity index (χ3v) is 4.09. The lowest BCUT2D eigenvalue weighted by Gasteiger charge is -2.06. The van der Waals surface area contributed by atoms with Crippen molar-refractivity contribution in [1.29, 1.82) is 0 Å². The van der Waals surface area contributed by atoms with Gasteiger partial charge in [-0.05, 0) is 19.1 Å². The molecule has 1 aromatic carbocycles. The Labute approximate surface area is 107 Å². The van der Waals surface area contributed by atoms with Crippen LogP contribution in [0, 0.1) is 0 Å². The topological polar surface area (TPSA) is 69.4 Å². The molecule has 94 valence electrons. The van der Waals surface area contributed by atoms with Crippen LogP contribution in [0.25, 0.3) is 0 Å². The maximum Gasteiger partial charge on any atom is 0.180 e. The summed E-state index contributed by atoms with van der Waals surface area (Å²) in [5, 5.41) is 0. The van der Waals surface area contributed by atoms with Crippen LogP contribution in [0.15, 0.2) is 29.2 Å². The van der Waals surface area contributed by atoms with Crippen LogP contribution in [0.4, 0.5) is 0 Å². The molecule has 0 spiro atoms. The zero-order valence-electron chi connectivity index (χ0n) is 9.55. The SMILES string of the molecule is CCOCCS(=O)(=O)c1cccc(C(N)=S)c1. The molecule has 17 heavy (non-hydrogen) atoms. The number of hydrogen-bond acceptors (Lipinski definition) is 4. The molecule has 0 fully saturated rings. The molecular weight excluding hydrogens is 258 g/mol. The first kappa shape index (κ1) is 14.1. The van der Waals surface area contributed by atoms with Gasteiger partial charge in [-0.2, -0.15) is 0 Å². The highest BCUT2D eigenvalue weighted by atomic mass is 32.2. The summed E-state index contributed by atoms with van der Waals surface area (Å²) in [5.74, 6) is -0.0401. The Bertz CT molecular complexity index is 497. The molecule has 0 aliphatic heterocycles. The molecule has 0 bridgehead atoms. The van der Waals surface area contributed by atoms with Crippen molar-refractivity contribution in [2.45, 2.75) is 11.8 Å². The van der Waals surface area contributed by atoms with Gasteiger partial charge in [-0.15, -0.1) is 0 Å². The Morgan fingerprint density at radius 2 is 2.18 bits per heavy atom. The summed E-state index contributed by atoms with van der Waals surface area (Å²) in [6.07, 6.45) is 0. The van der Waals surface area contributed by atoms with Gasteiger partial charge >= 0.3 is 0 Å². The lowest BCUT2D eigenvalue weighted by molar-refractivity contribution is 0.163. The van der Waals surface area contributed by atoms with Crippen LogP contribution in [-0.4, -0.2) is 32.4 Å². The van der Waals surface area contributed by atoms with E-state index in [9.17, 15) is 8.42 Å². The summed E-state index contributed by atoms with van der Waals surface area (Å²) >= 11 is 4.81. The lowest BCUT2D eigenvalue weighted by Crippen LogP contribution is -2.14. The fourth-order valence-corrected chi connectivity index (χ4v) is 2.57. The maximum atomic E-state index is 11.9. The highest BCUT2D eigenvalue weighted by molar-refractivity contribution is 7.91. The third-order valence-electron chi connectivity index (χ3n) is 2.18. The summed E-state index contributed by atoms with van der Waals surface area (Å²) in [6.45, 7) is 2.51. The van der Waals surface area contributed by atoms with E-state index < -0.39 is 9.84 Å². The van der Waals surface area contributed by atoms with E-state index >= 15 is 0 Å². The molecule has 1 rings (SSSR count). The summed E-state index contributed by atoms with van der Waals surface area (Å²) in [4.78, 5) is 0.411. The molecule has 0 radical (unpaired) electrons. The number of thiocarbonyl (C=S) groups is 1. The van der Waals surface area contributed by atoms with Crippen molar-refractivity contribution in [3.8, 4) is 0 Å². The van der Waals surface area contributed by atoms with E-state index in [4.69, 9.17) is 22.7 Å². The van der Waals surface area contributed by atoms with Crippen molar-refractivity contribution in [2.24, 2.45) is 5.73 Å². The molecule has 0 amide bonds. The second-order valence-electron chi connectivity index (χ2n) is 3.41. The van der Waals surface area contributed by atoms with E-state index in [0.29, 0.717) is 12.2 Å². The summed E-state index contributed by atoms with van der Waals surface area (Å²) < 4.78 is 28.9. The van der Waals surface area contributed by atoms with Crippen molar-refractivity contribution in [3.63, 3.8) is 0 Å². The lowest BCUT2D eigenvalue weighted by atomic mass is 10.2. The second kappa shape index (κ2) is 6.09. The second-order valence-corrected chi connectivity index (χ2v) is 5.96. The Hall–Kier alpha value is -0.980. The van der Waals surface area contributed by atoms with Crippen molar-refractivity contribution in [1.82, 2.24) is 0 Å². The quantitative estimate of drug-likeness (QED) is 0.621. The fraction of sp³-hybridized carbons (Fsp3) is 0.364. The molecule has 6 heteroatoms. The number of nitrogens with two attached hydrogens (primary N) is 1. The Morgan fingerprint density at radius 1 is 1.47 bits per heavy atom. The Kier molecular flexibility index (Phi) is 5.04. The number of rotatable bonds is 6. The van der Waals surface area contributed by atoms with Gasteiger partial charge in [-0.1, -0.05) is 24.4 Å². The Morgan fingerprint density at radius 3 is 2.76 bits per heavy atom. The molecule has 0 saturated carbocycles. The molecule has 4 nitrogen and oxygen atoms in total. The molecule has 0 unspecified atom stereocenters. The van der Waals surface area contributed by atoms with E-state index in [1.54, 1.807) is 12.1 Å². The first-order chi connectivity index (χ1) is 7.97. The molecule has 1 aromatic rings. The van der Waals surface area contributed by atoms with Gasteiger partial charge in [-0.3, -0.25) is 0 Å². The molecule has 0 saturated heterocycles. The van der Waals surface area contributed by atoms with E-state index in [-0.39, 0.29) is 22.2 Å². The maximum absolute atomic E-state index is 11.9. The standard InChI is InChI=1S/C11H15NO3S2/c1-2-15-6-7-17(13,14)10-5-3-4-9(8-10)11(12)16/h3-5,8H,2,6-7H2,1H3,(H2,12,16). The molecule has 0 atom stereocenters. The molecule has 0 aromatic heterocycles. The molecular formula is C11H15NO3S2. The summed E-state index contributed by atoms with van der Waals surface area (Å²) in [6, 6.07) is 6.33. The summed E-state index contributed by atoms with van der Waals surface area (Å²) in [5.41, 5.74) is 6.01. The number of hydrogen-bond donors (Lipinski definition) is 1. The van der Waals surface area contributed by atoms with Crippen molar-refractivity contribution < 1.29 is 13.2 Å². The van der Waals surface area contributed by atoms with Crippen LogP contribution in [-0.2, 0) is 14.6 Å². The molecule has 0 aliphatic rings. The molecule has 0 aliphatic carbocycles. The van der Waals surface area contributed by atoms with Gasteiger partial charge in [-0.25, -0.2) is 8.42 Å². The van der Waals surface area contributed by atoms with Crippen LogP contribution in [0.2, 0.25) is 0 Å². The number of ether oxygens (including phenoxy) is 1. The normalized spacial score (nSPS) is 11.4. The van der Waals surface area contributed by atoms with Crippen LogP contribution in [0.5, 0.6) is 0 Å². The zero-order valence-corrected chi connectivity index (χ0v) is 11.2. The van der Waals surface area contributed by atoms with E-state index in [2.05, 4.69) is 0 Å². The van der Waals surface area contributed by atoms with Crippen LogP contribution < -0.4 is 5.73 Å². The monoisotopic (exact) mass is 273 g/mol. The van der Waals surface area contributed by atoms with Crippen LogP contribution in [0.3, 0.4) is 0 Å². The van der Waals surface area contributed by atoms with Crippen molar-refractivity contribution >= 4 is 27.0 Å². The van der Waals surface area contributed by atoms with Crippen molar-refractivity contribution in [2.75, 3.05) is 19.0 Å². The van der Waals surface area contributed by atoms with Gasteiger partial charge < -0.3 is 10.5 Å². The van der Waals surface area contributed by atoms with Crippen LogP contribution in [0.1, 0.15) is 12.5 Å². The highest BCUT2D eigenvalue weighted by Gasteiger charge is 2.14. The average molecular weight is 273 g/mol. The van der Waals surface area contributed by atoms with Crippen molar-refractivity contribution in [3.05, 3.63) is 29.8 Å². The predicted octanol–water partition coefficient (Wildman–Crippen LogP) is 1.13. The van der Waals surface area contributed by atoms with Gasteiger partial charge in [0.2, 0.25) is 0 Å². The first-order valence-electron chi connectivity index (χ1n) is 5.17. The summed E-state index contributed by atoms with van der Waals surface area (Å²) in [7, 11) is -3.33. The van der Waals surface area contributed by atoms with Gasteiger partial charge in [0.25, 0.3) is 0 Å². The third kappa shape index (κ3) is 4.07. The van der Waals surface area contributed by atoms with Gasteiger partial charge in [0, 0.05) is 12.2 Å². The zero-order chi connectivity index (χ0) is 12.9. The van der Waals surface area contributed by atoms with Crippen LogP contribution >= 0.6 is 12.2 Å². The first-order valence-corrected chi connectivity index (χ1v) is 7.24. The van der Waals surface area contributed by atoms with E-state index in [1.807, 2.05) is 6.92 Å². The average Bonchev–Trinajstić information content (AvgIpc) is 2.29. The van der Waals surface area contributed by atoms with Gasteiger partial charge in [0.1, 0.15) is 4.99 Å². The number of sulfone groups is 1. The van der Waals surface area contributed by atoms with E-state index in [1.165, 1.54) is 12.1 Å². The smallest absolute Gasteiger partial charge is 0.180 e. The minimum atomic E-state index is -3.33. The molecule has 2 N–H and O–H groups in total.